The highest BCUT2D eigenvalue weighted by Crippen LogP contribution is 2.16. The van der Waals surface area contributed by atoms with Gasteiger partial charge in [0.15, 0.2) is 17.5 Å². The van der Waals surface area contributed by atoms with Gasteiger partial charge in [0.25, 0.3) is 0 Å². The molecule has 1 unspecified atom stereocenters. The fourth-order valence-corrected chi connectivity index (χ4v) is 2.24. The Kier molecular flexibility index (Phi) is 10.8. The number of hydrogen-bond acceptors (Lipinski definition) is 4. The molecular weight excluding hydrogens is 337 g/mol. The van der Waals surface area contributed by atoms with Crippen molar-refractivity contribution in [2.24, 2.45) is 4.99 Å². The van der Waals surface area contributed by atoms with Crippen LogP contribution in [0.25, 0.3) is 0 Å². The van der Waals surface area contributed by atoms with Crippen LogP contribution in [0.5, 0.6) is 5.75 Å². The third-order valence-electron chi connectivity index (χ3n) is 3.59. The van der Waals surface area contributed by atoms with E-state index in [1.165, 1.54) is 13.2 Å². The van der Waals surface area contributed by atoms with Crippen molar-refractivity contribution in [3.63, 3.8) is 0 Å². The monoisotopic (exact) mass is 367 g/mol. The number of nitrogens with zero attached hydrogens (tertiary/aromatic N) is 1. The Morgan fingerprint density at radius 1 is 1.23 bits per heavy atom. The highest BCUT2D eigenvalue weighted by Gasteiger charge is 2.08. The maximum Gasteiger partial charge on any atom is 0.305 e. The summed E-state index contributed by atoms with van der Waals surface area (Å²) in [6.45, 7) is 5.76. The molecule has 6 nitrogen and oxygen atoms in total. The molecule has 146 valence electrons. The number of rotatable bonds is 11. The molecule has 0 heterocycles. The van der Waals surface area contributed by atoms with E-state index in [4.69, 9.17) is 4.74 Å². The van der Waals surface area contributed by atoms with Crippen molar-refractivity contribution >= 4 is 11.9 Å². The summed E-state index contributed by atoms with van der Waals surface area (Å²) in [4.78, 5) is 15.5. The van der Waals surface area contributed by atoms with Gasteiger partial charge in [-0.1, -0.05) is 18.6 Å². The lowest BCUT2D eigenvalue weighted by Crippen LogP contribution is -2.38. The molecule has 26 heavy (non-hydrogen) atoms. The Morgan fingerprint density at radius 2 is 2.00 bits per heavy atom. The summed E-state index contributed by atoms with van der Waals surface area (Å²) >= 11 is 0. The van der Waals surface area contributed by atoms with Crippen LogP contribution >= 0.6 is 0 Å². The van der Waals surface area contributed by atoms with E-state index in [0.29, 0.717) is 18.9 Å². The normalized spacial score (nSPS) is 12.4. The van der Waals surface area contributed by atoms with Crippen LogP contribution in [0.4, 0.5) is 4.39 Å². The fourth-order valence-electron chi connectivity index (χ4n) is 2.24. The summed E-state index contributed by atoms with van der Waals surface area (Å²) in [7, 11) is 1.40. The Balaban J connectivity index is 2.33. The molecule has 0 saturated carbocycles. The van der Waals surface area contributed by atoms with Crippen molar-refractivity contribution in [2.45, 2.75) is 45.6 Å². The second-order valence-electron chi connectivity index (χ2n) is 5.89. The first-order chi connectivity index (χ1) is 12.6. The molecule has 7 heteroatoms. The first-order valence-electron chi connectivity index (χ1n) is 9.07. The average Bonchev–Trinajstić information content (AvgIpc) is 2.64. The Hall–Kier alpha value is -2.31. The molecule has 1 atom stereocenters. The van der Waals surface area contributed by atoms with Crippen molar-refractivity contribution in [1.82, 2.24) is 10.6 Å². The number of halogens is 1. The SMILES string of the molecule is CCNC(=NCC(C)Oc1ccccc1F)NCCCCCC(=O)OC. The molecule has 1 aromatic carbocycles. The van der Waals surface area contributed by atoms with Crippen molar-refractivity contribution in [1.29, 1.82) is 0 Å². The summed E-state index contributed by atoms with van der Waals surface area (Å²) in [6, 6.07) is 6.34. The van der Waals surface area contributed by atoms with E-state index < -0.39 is 0 Å². The van der Waals surface area contributed by atoms with Gasteiger partial charge >= 0.3 is 5.97 Å². The number of para-hydroxylation sites is 1. The molecule has 0 amide bonds. The second kappa shape index (κ2) is 13.0. The zero-order valence-corrected chi connectivity index (χ0v) is 15.9. The van der Waals surface area contributed by atoms with Crippen molar-refractivity contribution in [3.05, 3.63) is 30.1 Å². The number of ether oxygens (including phenoxy) is 2. The molecule has 0 radical (unpaired) electrons. The largest absolute Gasteiger partial charge is 0.486 e. The first kappa shape index (κ1) is 21.7. The number of methoxy groups -OCH3 is 1. The Morgan fingerprint density at radius 3 is 2.69 bits per heavy atom. The van der Waals surface area contributed by atoms with Crippen molar-refractivity contribution < 1.29 is 18.7 Å². The van der Waals surface area contributed by atoms with E-state index in [-0.39, 0.29) is 23.6 Å². The van der Waals surface area contributed by atoms with Gasteiger partial charge in [0.1, 0.15) is 6.10 Å². The van der Waals surface area contributed by atoms with Gasteiger partial charge in [-0.25, -0.2) is 9.38 Å². The lowest BCUT2D eigenvalue weighted by atomic mass is 10.2. The standard InChI is InChI=1S/C19H30FN3O3/c1-4-21-19(22-13-9-5-6-12-18(24)25-3)23-14-15(2)26-17-11-8-7-10-16(17)20/h7-8,10-11,15H,4-6,9,12-14H2,1-3H3,(H2,21,22,23). The summed E-state index contributed by atoms with van der Waals surface area (Å²) in [5.41, 5.74) is 0. The zero-order valence-electron chi connectivity index (χ0n) is 15.9. The summed E-state index contributed by atoms with van der Waals surface area (Å²) in [5.74, 6) is 0.389. The number of unbranched alkanes of at least 4 members (excludes halogenated alkanes) is 2. The topological polar surface area (TPSA) is 72.0 Å². The van der Waals surface area contributed by atoms with Crippen LogP contribution in [0.2, 0.25) is 0 Å². The molecule has 1 rings (SSSR count). The van der Waals surface area contributed by atoms with E-state index in [1.54, 1.807) is 18.2 Å². The minimum atomic E-state index is -0.375. The summed E-state index contributed by atoms with van der Waals surface area (Å²) in [6.07, 6.45) is 2.89. The second-order valence-corrected chi connectivity index (χ2v) is 5.89. The van der Waals surface area contributed by atoms with Gasteiger partial charge in [-0.15, -0.1) is 0 Å². The number of esters is 1. The van der Waals surface area contributed by atoms with E-state index in [9.17, 15) is 9.18 Å². The number of carbonyl (C=O) groups excluding carboxylic acids is 1. The highest BCUT2D eigenvalue weighted by molar-refractivity contribution is 5.79. The number of benzene rings is 1. The number of carbonyl (C=O) groups is 1. The number of guanidine groups is 1. The molecule has 0 fully saturated rings. The van der Waals surface area contributed by atoms with E-state index >= 15 is 0 Å². The minimum absolute atomic E-state index is 0.170. The maximum absolute atomic E-state index is 13.6. The van der Waals surface area contributed by atoms with Crippen molar-refractivity contribution in [2.75, 3.05) is 26.7 Å². The highest BCUT2D eigenvalue weighted by atomic mass is 19.1. The average molecular weight is 367 g/mol. The Labute approximate surface area is 155 Å². The predicted octanol–water partition coefficient (Wildman–Crippen LogP) is 2.88. The molecule has 0 saturated heterocycles. The molecule has 0 bridgehead atoms. The van der Waals surface area contributed by atoms with Crippen LogP contribution in [-0.4, -0.2) is 44.8 Å². The quantitative estimate of drug-likeness (QED) is 0.272. The number of nitrogens with one attached hydrogen (secondary N) is 2. The molecule has 1 aromatic rings. The molecule has 0 spiro atoms. The van der Waals surface area contributed by atoms with Crippen LogP contribution in [-0.2, 0) is 9.53 Å². The third-order valence-corrected chi connectivity index (χ3v) is 3.59. The van der Waals surface area contributed by atoms with Crippen LogP contribution in [0.1, 0.15) is 39.5 Å². The van der Waals surface area contributed by atoms with E-state index in [2.05, 4.69) is 20.4 Å². The van der Waals surface area contributed by atoms with Gasteiger partial charge in [-0.05, 0) is 38.8 Å². The first-order valence-corrected chi connectivity index (χ1v) is 9.07. The predicted molar refractivity (Wildman–Crippen MR) is 101 cm³/mol. The van der Waals surface area contributed by atoms with Crippen LogP contribution in [0.3, 0.4) is 0 Å². The Bertz CT molecular complexity index is 567. The third kappa shape index (κ3) is 9.25. The summed E-state index contributed by atoms with van der Waals surface area (Å²) < 4.78 is 23.8. The van der Waals surface area contributed by atoms with Crippen LogP contribution < -0.4 is 15.4 Å². The van der Waals surface area contributed by atoms with Crippen LogP contribution in [0, 0.1) is 5.82 Å². The van der Waals surface area contributed by atoms with Gasteiger partial charge in [0, 0.05) is 19.5 Å². The van der Waals surface area contributed by atoms with Gasteiger partial charge in [0.2, 0.25) is 0 Å². The summed E-state index contributed by atoms with van der Waals surface area (Å²) in [5, 5.41) is 6.41. The van der Waals surface area contributed by atoms with Gasteiger partial charge in [0.05, 0.1) is 13.7 Å². The molecule has 2 N–H and O–H groups in total. The fraction of sp³-hybridized carbons (Fsp3) is 0.579. The van der Waals surface area contributed by atoms with Gasteiger partial charge in [-0.2, -0.15) is 0 Å². The van der Waals surface area contributed by atoms with E-state index in [0.717, 1.165) is 32.4 Å². The zero-order chi connectivity index (χ0) is 19.2. The molecule has 0 aliphatic heterocycles. The molecular formula is C19H30FN3O3. The van der Waals surface area contributed by atoms with Gasteiger partial charge < -0.3 is 20.1 Å². The lowest BCUT2D eigenvalue weighted by Gasteiger charge is -2.15. The maximum atomic E-state index is 13.6. The number of hydrogen-bond donors (Lipinski definition) is 2. The number of aliphatic imine (C=N–C) groups is 1. The van der Waals surface area contributed by atoms with E-state index in [1.807, 2.05) is 13.8 Å². The van der Waals surface area contributed by atoms with Crippen LogP contribution in [0.15, 0.2) is 29.3 Å². The molecule has 0 aromatic heterocycles. The van der Waals surface area contributed by atoms with Crippen molar-refractivity contribution in [3.8, 4) is 5.75 Å². The minimum Gasteiger partial charge on any atom is -0.486 e. The van der Waals surface area contributed by atoms with Gasteiger partial charge in [-0.3, -0.25) is 4.79 Å². The lowest BCUT2D eigenvalue weighted by molar-refractivity contribution is -0.140. The molecule has 0 aliphatic rings. The smallest absolute Gasteiger partial charge is 0.305 e. The molecule has 0 aliphatic carbocycles.